The molecule has 2 aromatic rings. The average Bonchev–Trinajstić information content (AvgIpc) is 2.44. The fraction of sp³-hybridized carbons (Fsp3) is 0.286. The number of benzene rings is 1. The highest BCUT2D eigenvalue weighted by molar-refractivity contribution is 5.39. The molecule has 0 amide bonds. The van der Waals surface area contributed by atoms with Gasteiger partial charge in [-0.2, -0.15) is 0 Å². The van der Waals surface area contributed by atoms with Crippen LogP contribution in [0.25, 0.3) is 0 Å². The van der Waals surface area contributed by atoms with E-state index in [4.69, 9.17) is 15.2 Å². The van der Waals surface area contributed by atoms with Gasteiger partial charge >= 0.3 is 0 Å². The molecular formula is C14H17N3O3. The second-order valence-electron chi connectivity index (χ2n) is 4.35. The Kier molecular flexibility index (Phi) is 4.37. The van der Waals surface area contributed by atoms with Gasteiger partial charge in [-0.25, -0.2) is 4.98 Å². The smallest absolute Gasteiger partial charge is 0.251 e. The van der Waals surface area contributed by atoms with Crippen LogP contribution in [0.4, 0.5) is 0 Å². The number of hydrogen-bond donors (Lipinski definition) is 2. The number of rotatable bonds is 5. The topological polar surface area (TPSA) is 90.2 Å². The first-order valence-corrected chi connectivity index (χ1v) is 6.21. The van der Waals surface area contributed by atoms with Crippen LogP contribution in [0.5, 0.6) is 11.5 Å². The lowest BCUT2D eigenvalue weighted by Gasteiger charge is -2.11. The van der Waals surface area contributed by atoms with Crippen LogP contribution < -0.4 is 20.8 Å². The number of ether oxygens (including phenoxy) is 2. The zero-order valence-corrected chi connectivity index (χ0v) is 11.4. The molecule has 20 heavy (non-hydrogen) atoms. The van der Waals surface area contributed by atoms with Crippen LogP contribution in [-0.4, -0.2) is 17.1 Å². The highest BCUT2D eigenvalue weighted by atomic mass is 16.5. The molecule has 0 aliphatic heterocycles. The van der Waals surface area contributed by atoms with E-state index in [1.54, 1.807) is 26.2 Å². The first-order valence-electron chi connectivity index (χ1n) is 6.21. The number of nitrogens with zero attached hydrogens (tertiary/aromatic N) is 1. The summed E-state index contributed by atoms with van der Waals surface area (Å²) in [6, 6.07) is 8.35. The second-order valence-corrected chi connectivity index (χ2v) is 4.35. The van der Waals surface area contributed by atoms with Gasteiger partial charge in [-0.05, 0) is 19.1 Å². The molecule has 1 atom stereocenters. The standard InChI is InChI=1S/C14H17N3O3/c1-9(15)10-7-14(18)17-13(16-10)8-20-12-6-4-3-5-11(12)19-2/h3-7,9H,8,15H2,1-2H3,(H,16,17,18). The van der Waals surface area contributed by atoms with Crippen LogP contribution in [0, 0.1) is 0 Å². The van der Waals surface area contributed by atoms with Crippen molar-refractivity contribution in [1.29, 1.82) is 0 Å². The number of aromatic amines is 1. The molecule has 1 heterocycles. The predicted octanol–water partition coefficient (Wildman–Crippen LogP) is 1.38. The van der Waals surface area contributed by atoms with E-state index < -0.39 is 0 Å². The van der Waals surface area contributed by atoms with E-state index in [1.807, 2.05) is 12.1 Å². The van der Waals surface area contributed by atoms with Crippen LogP contribution in [0.1, 0.15) is 24.5 Å². The molecular weight excluding hydrogens is 258 g/mol. The van der Waals surface area contributed by atoms with Crippen molar-refractivity contribution < 1.29 is 9.47 Å². The van der Waals surface area contributed by atoms with E-state index in [9.17, 15) is 4.79 Å². The molecule has 6 nitrogen and oxygen atoms in total. The Hall–Kier alpha value is -2.34. The zero-order chi connectivity index (χ0) is 14.5. The van der Waals surface area contributed by atoms with Gasteiger partial charge in [0.25, 0.3) is 5.56 Å². The van der Waals surface area contributed by atoms with E-state index in [0.717, 1.165) is 0 Å². The Morgan fingerprint density at radius 2 is 2.05 bits per heavy atom. The molecule has 0 fully saturated rings. The predicted molar refractivity (Wildman–Crippen MR) is 74.8 cm³/mol. The third kappa shape index (κ3) is 3.36. The maximum absolute atomic E-state index is 11.5. The van der Waals surface area contributed by atoms with Crippen molar-refractivity contribution >= 4 is 0 Å². The number of nitrogens with one attached hydrogen (secondary N) is 1. The Morgan fingerprint density at radius 3 is 2.70 bits per heavy atom. The minimum atomic E-state index is -0.303. The van der Waals surface area contributed by atoms with Crippen LogP contribution in [0.15, 0.2) is 35.1 Å². The Morgan fingerprint density at radius 1 is 1.35 bits per heavy atom. The maximum Gasteiger partial charge on any atom is 0.251 e. The molecule has 3 N–H and O–H groups in total. The summed E-state index contributed by atoms with van der Waals surface area (Å²) in [6.45, 7) is 1.91. The van der Waals surface area contributed by atoms with Crippen molar-refractivity contribution in [2.45, 2.75) is 19.6 Å². The zero-order valence-electron chi connectivity index (χ0n) is 11.4. The van der Waals surface area contributed by atoms with Gasteiger partial charge in [0.05, 0.1) is 12.8 Å². The fourth-order valence-electron chi connectivity index (χ4n) is 1.71. The molecule has 0 saturated carbocycles. The molecule has 0 aliphatic carbocycles. The van der Waals surface area contributed by atoms with E-state index in [0.29, 0.717) is 23.0 Å². The molecule has 1 aromatic carbocycles. The minimum Gasteiger partial charge on any atom is -0.493 e. The van der Waals surface area contributed by atoms with E-state index in [1.165, 1.54) is 6.07 Å². The molecule has 0 bridgehead atoms. The lowest BCUT2D eigenvalue weighted by molar-refractivity contribution is 0.275. The lowest BCUT2D eigenvalue weighted by atomic mass is 10.2. The molecule has 1 unspecified atom stereocenters. The van der Waals surface area contributed by atoms with Gasteiger partial charge in [-0.15, -0.1) is 0 Å². The van der Waals surface area contributed by atoms with Crippen LogP contribution in [0.3, 0.4) is 0 Å². The van der Waals surface area contributed by atoms with Gasteiger partial charge in [-0.3, -0.25) is 4.79 Å². The van der Waals surface area contributed by atoms with Crippen molar-refractivity contribution in [3.8, 4) is 11.5 Å². The number of nitrogens with two attached hydrogens (primary N) is 1. The van der Waals surface area contributed by atoms with Crippen molar-refractivity contribution in [3.63, 3.8) is 0 Å². The first kappa shape index (κ1) is 14.1. The molecule has 2 rings (SSSR count). The summed E-state index contributed by atoms with van der Waals surface area (Å²) in [5.41, 5.74) is 6.02. The highest BCUT2D eigenvalue weighted by Crippen LogP contribution is 2.26. The Bertz CT molecular complexity index is 638. The van der Waals surface area contributed by atoms with Gasteiger partial charge in [-0.1, -0.05) is 12.1 Å². The maximum atomic E-state index is 11.5. The number of aromatic nitrogens is 2. The molecule has 106 valence electrons. The fourth-order valence-corrected chi connectivity index (χ4v) is 1.71. The molecule has 0 aliphatic rings. The monoisotopic (exact) mass is 275 g/mol. The van der Waals surface area contributed by atoms with Crippen LogP contribution >= 0.6 is 0 Å². The van der Waals surface area contributed by atoms with E-state index in [-0.39, 0.29) is 18.2 Å². The number of methoxy groups -OCH3 is 1. The number of para-hydroxylation sites is 2. The summed E-state index contributed by atoms with van der Waals surface area (Å²) in [7, 11) is 1.57. The van der Waals surface area contributed by atoms with Crippen LogP contribution in [0.2, 0.25) is 0 Å². The normalized spacial score (nSPS) is 11.9. The van der Waals surface area contributed by atoms with Gasteiger partial charge in [0.1, 0.15) is 12.4 Å². The largest absolute Gasteiger partial charge is 0.493 e. The lowest BCUT2D eigenvalue weighted by Crippen LogP contribution is -2.18. The Balaban J connectivity index is 2.16. The highest BCUT2D eigenvalue weighted by Gasteiger charge is 2.07. The number of hydrogen-bond acceptors (Lipinski definition) is 5. The van der Waals surface area contributed by atoms with Crippen molar-refractivity contribution in [2.75, 3.05) is 7.11 Å². The molecule has 0 spiro atoms. The second kappa shape index (κ2) is 6.21. The summed E-state index contributed by atoms with van der Waals surface area (Å²) in [4.78, 5) is 18.4. The summed E-state index contributed by atoms with van der Waals surface area (Å²) in [5.74, 6) is 1.64. The third-order valence-electron chi connectivity index (χ3n) is 2.71. The van der Waals surface area contributed by atoms with Crippen molar-refractivity contribution in [2.24, 2.45) is 5.73 Å². The first-order chi connectivity index (χ1) is 9.60. The van der Waals surface area contributed by atoms with Gasteiger partial charge < -0.3 is 20.2 Å². The summed E-state index contributed by atoms with van der Waals surface area (Å²) >= 11 is 0. The summed E-state index contributed by atoms with van der Waals surface area (Å²) in [5, 5.41) is 0. The molecule has 0 saturated heterocycles. The van der Waals surface area contributed by atoms with E-state index >= 15 is 0 Å². The van der Waals surface area contributed by atoms with E-state index in [2.05, 4.69) is 9.97 Å². The van der Waals surface area contributed by atoms with Gasteiger partial charge in [0, 0.05) is 12.1 Å². The van der Waals surface area contributed by atoms with Crippen molar-refractivity contribution in [3.05, 3.63) is 52.2 Å². The minimum absolute atomic E-state index is 0.135. The molecule has 6 heteroatoms. The Labute approximate surface area is 116 Å². The van der Waals surface area contributed by atoms with Gasteiger partial charge in [0.2, 0.25) is 0 Å². The summed E-state index contributed by atoms with van der Waals surface area (Å²) < 4.78 is 10.8. The number of H-pyrrole nitrogens is 1. The SMILES string of the molecule is COc1ccccc1OCc1nc(C(C)N)cc(=O)[nH]1. The molecule has 0 radical (unpaired) electrons. The van der Waals surface area contributed by atoms with Crippen molar-refractivity contribution in [1.82, 2.24) is 9.97 Å². The van der Waals surface area contributed by atoms with Gasteiger partial charge in [0.15, 0.2) is 11.5 Å². The average molecular weight is 275 g/mol. The summed E-state index contributed by atoms with van der Waals surface area (Å²) in [6.07, 6.45) is 0. The van der Waals surface area contributed by atoms with Crippen LogP contribution in [-0.2, 0) is 6.61 Å². The third-order valence-corrected chi connectivity index (χ3v) is 2.71. The molecule has 1 aromatic heterocycles. The quantitative estimate of drug-likeness (QED) is 0.860.